The molecule has 0 spiro atoms. The zero-order chi connectivity index (χ0) is 19.1. The molecular weight excluding hydrogens is 352 g/mol. The number of hydrogen-bond acceptors (Lipinski definition) is 4. The maximum Gasteiger partial charge on any atom is 0.573 e. The van der Waals surface area contributed by atoms with Crippen molar-refractivity contribution in [3.8, 4) is 22.9 Å². The molecule has 5 nitrogen and oxygen atoms in total. The number of aryl methyl sites for hydroxylation is 1. The minimum Gasteiger partial charge on any atom is -0.406 e. The van der Waals surface area contributed by atoms with Crippen LogP contribution in [0.1, 0.15) is 11.1 Å². The van der Waals surface area contributed by atoms with Gasteiger partial charge in [0.15, 0.2) is 0 Å². The molecule has 9 heteroatoms. The van der Waals surface area contributed by atoms with Crippen molar-refractivity contribution >= 4 is 11.0 Å². The van der Waals surface area contributed by atoms with E-state index in [-0.39, 0.29) is 12.1 Å². The van der Waals surface area contributed by atoms with Crippen molar-refractivity contribution in [2.24, 2.45) is 12.8 Å². The first-order chi connectivity index (χ1) is 12.2. The highest BCUT2D eigenvalue weighted by atomic mass is 19.4. The number of hydrogen-bond donors (Lipinski definition) is 1. The van der Waals surface area contributed by atoms with Crippen molar-refractivity contribution in [1.82, 2.24) is 9.55 Å². The second-order valence-electron chi connectivity index (χ2n) is 5.52. The van der Waals surface area contributed by atoms with Crippen LogP contribution in [0, 0.1) is 17.1 Å². The summed E-state index contributed by atoms with van der Waals surface area (Å²) in [6.45, 7) is 0.0356. The molecule has 3 aromatic rings. The van der Waals surface area contributed by atoms with E-state index in [0.29, 0.717) is 33.8 Å². The first-order valence-electron chi connectivity index (χ1n) is 7.38. The molecule has 0 bridgehead atoms. The number of halogens is 4. The molecule has 0 saturated carbocycles. The van der Waals surface area contributed by atoms with E-state index in [1.165, 1.54) is 18.5 Å². The van der Waals surface area contributed by atoms with Gasteiger partial charge >= 0.3 is 6.36 Å². The number of nitrogens with two attached hydrogens (primary N) is 1. The van der Waals surface area contributed by atoms with Gasteiger partial charge in [-0.3, -0.25) is 0 Å². The minimum atomic E-state index is -4.91. The molecular formula is C17H12F4N4O. The van der Waals surface area contributed by atoms with Crippen LogP contribution in [0.3, 0.4) is 0 Å². The quantitative estimate of drug-likeness (QED) is 0.721. The maximum atomic E-state index is 14.5. The zero-order valence-electron chi connectivity index (χ0n) is 13.4. The van der Waals surface area contributed by atoms with E-state index in [9.17, 15) is 22.8 Å². The number of benzene rings is 2. The van der Waals surface area contributed by atoms with Gasteiger partial charge in [-0.1, -0.05) is 0 Å². The normalized spacial score (nSPS) is 11.6. The Bertz CT molecular complexity index is 1030. The van der Waals surface area contributed by atoms with Crippen molar-refractivity contribution in [2.75, 3.05) is 0 Å². The fraction of sp³-hybridized carbons (Fsp3) is 0.176. The molecule has 134 valence electrons. The molecule has 2 N–H and O–H groups in total. The van der Waals surface area contributed by atoms with E-state index < -0.39 is 17.9 Å². The molecule has 0 radical (unpaired) electrons. The SMILES string of the molecule is Cn1cnc2c(-c3ccc(OC(F)(F)F)cc3F)cc(CN)c(C#N)c21. The summed E-state index contributed by atoms with van der Waals surface area (Å²) in [7, 11) is 1.68. The lowest BCUT2D eigenvalue weighted by atomic mass is 9.96. The second kappa shape index (κ2) is 6.31. The second-order valence-corrected chi connectivity index (χ2v) is 5.52. The van der Waals surface area contributed by atoms with Crippen LogP contribution in [0.15, 0.2) is 30.6 Å². The first-order valence-corrected chi connectivity index (χ1v) is 7.38. The summed E-state index contributed by atoms with van der Waals surface area (Å²) in [6.07, 6.45) is -3.45. The van der Waals surface area contributed by atoms with Gasteiger partial charge in [0.1, 0.15) is 17.6 Å². The van der Waals surface area contributed by atoms with Gasteiger partial charge in [0.25, 0.3) is 0 Å². The van der Waals surface area contributed by atoms with Gasteiger partial charge in [0, 0.05) is 30.8 Å². The van der Waals surface area contributed by atoms with Crippen LogP contribution in [0.4, 0.5) is 17.6 Å². The molecule has 26 heavy (non-hydrogen) atoms. The van der Waals surface area contributed by atoms with Crippen LogP contribution < -0.4 is 10.5 Å². The number of nitriles is 1. The Labute approximate surface area is 145 Å². The van der Waals surface area contributed by atoms with Crippen LogP contribution in [-0.4, -0.2) is 15.9 Å². The van der Waals surface area contributed by atoms with Crippen molar-refractivity contribution in [2.45, 2.75) is 12.9 Å². The predicted octanol–water partition coefficient (Wildman–Crippen LogP) is 3.61. The summed E-state index contributed by atoms with van der Waals surface area (Å²) in [5, 5.41) is 9.41. The van der Waals surface area contributed by atoms with Crippen LogP contribution >= 0.6 is 0 Å². The van der Waals surface area contributed by atoms with Crippen LogP contribution in [0.5, 0.6) is 5.75 Å². The van der Waals surface area contributed by atoms with Gasteiger partial charge < -0.3 is 15.0 Å². The van der Waals surface area contributed by atoms with Crippen LogP contribution in [-0.2, 0) is 13.6 Å². The number of aromatic nitrogens is 2. The number of ether oxygens (including phenoxy) is 1. The Morgan fingerprint density at radius 2 is 2.00 bits per heavy atom. The largest absolute Gasteiger partial charge is 0.573 e. The summed E-state index contributed by atoms with van der Waals surface area (Å²) < 4.78 is 56.7. The summed E-state index contributed by atoms with van der Waals surface area (Å²) in [5.74, 6) is -1.57. The zero-order valence-corrected chi connectivity index (χ0v) is 13.4. The third kappa shape index (κ3) is 3.07. The predicted molar refractivity (Wildman–Crippen MR) is 85.4 cm³/mol. The highest BCUT2D eigenvalue weighted by Crippen LogP contribution is 2.35. The topological polar surface area (TPSA) is 76.9 Å². The Balaban J connectivity index is 2.22. The average Bonchev–Trinajstić information content (AvgIpc) is 2.94. The molecule has 2 aromatic carbocycles. The molecule has 0 aliphatic heterocycles. The summed E-state index contributed by atoms with van der Waals surface area (Å²) >= 11 is 0. The molecule has 0 fully saturated rings. The number of rotatable bonds is 3. The molecule has 0 atom stereocenters. The van der Waals surface area contributed by atoms with E-state index in [2.05, 4.69) is 15.8 Å². The van der Waals surface area contributed by atoms with Crippen molar-refractivity contribution in [3.05, 3.63) is 47.5 Å². The summed E-state index contributed by atoms with van der Waals surface area (Å²) in [5.41, 5.74) is 7.68. The highest BCUT2D eigenvalue weighted by molar-refractivity contribution is 5.96. The van der Waals surface area contributed by atoms with E-state index in [1.807, 2.05) is 0 Å². The lowest BCUT2D eigenvalue weighted by Gasteiger charge is -2.12. The van der Waals surface area contributed by atoms with E-state index in [0.717, 1.165) is 6.07 Å². The number of imidazole rings is 1. The summed E-state index contributed by atoms with van der Waals surface area (Å²) in [6, 6.07) is 6.43. The van der Waals surface area contributed by atoms with Gasteiger partial charge in [-0.15, -0.1) is 13.2 Å². The fourth-order valence-electron chi connectivity index (χ4n) is 2.79. The average molecular weight is 364 g/mol. The Kier molecular flexibility index (Phi) is 4.29. The standard InChI is InChI=1S/C17H12F4N4O/c1-25-8-24-15-12(4-9(6-22)13(7-23)16(15)25)11-3-2-10(5-14(11)18)26-17(19,20)21/h2-5,8H,6,22H2,1H3. The van der Waals surface area contributed by atoms with Gasteiger partial charge in [-0.25, -0.2) is 9.37 Å². The Morgan fingerprint density at radius 3 is 2.58 bits per heavy atom. The lowest BCUT2D eigenvalue weighted by Crippen LogP contribution is -2.17. The summed E-state index contributed by atoms with van der Waals surface area (Å²) in [4.78, 5) is 4.19. The minimum absolute atomic E-state index is 0.0300. The molecule has 0 aliphatic carbocycles. The number of nitrogens with zero attached hydrogens (tertiary/aromatic N) is 3. The van der Waals surface area contributed by atoms with Gasteiger partial charge in [0.05, 0.1) is 22.9 Å². The van der Waals surface area contributed by atoms with Gasteiger partial charge in [-0.2, -0.15) is 5.26 Å². The molecule has 0 aliphatic rings. The monoisotopic (exact) mass is 364 g/mol. The Hall–Kier alpha value is -3.12. The smallest absolute Gasteiger partial charge is 0.406 e. The van der Waals surface area contributed by atoms with Crippen LogP contribution in [0.25, 0.3) is 22.2 Å². The molecule has 3 rings (SSSR count). The van der Waals surface area contributed by atoms with Gasteiger partial charge in [-0.05, 0) is 23.8 Å². The molecule has 0 amide bonds. The molecule has 1 heterocycles. The Morgan fingerprint density at radius 1 is 1.27 bits per heavy atom. The molecule has 0 saturated heterocycles. The third-order valence-corrected chi connectivity index (χ3v) is 3.86. The fourth-order valence-corrected chi connectivity index (χ4v) is 2.79. The van der Waals surface area contributed by atoms with E-state index in [4.69, 9.17) is 5.73 Å². The van der Waals surface area contributed by atoms with Crippen LogP contribution in [0.2, 0.25) is 0 Å². The van der Waals surface area contributed by atoms with Crippen molar-refractivity contribution in [1.29, 1.82) is 5.26 Å². The van der Waals surface area contributed by atoms with Crippen molar-refractivity contribution in [3.63, 3.8) is 0 Å². The van der Waals surface area contributed by atoms with E-state index in [1.54, 1.807) is 11.6 Å². The van der Waals surface area contributed by atoms with Crippen molar-refractivity contribution < 1.29 is 22.3 Å². The van der Waals surface area contributed by atoms with E-state index >= 15 is 0 Å². The number of fused-ring (bicyclic) bond motifs is 1. The molecule has 1 aromatic heterocycles. The highest BCUT2D eigenvalue weighted by Gasteiger charge is 2.31. The van der Waals surface area contributed by atoms with Gasteiger partial charge in [0.2, 0.25) is 0 Å². The molecule has 0 unspecified atom stereocenters. The lowest BCUT2D eigenvalue weighted by molar-refractivity contribution is -0.274. The first kappa shape index (κ1) is 17.7. The maximum absolute atomic E-state index is 14.5. The number of alkyl halides is 3. The third-order valence-electron chi connectivity index (χ3n) is 3.86.